The van der Waals surface area contributed by atoms with Crippen molar-refractivity contribution in [2.75, 3.05) is 13.7 Å². The van der Waals surface area contributed by atoms with Gasteiger partial charge in [0.2, 0.25) is 0 Å². The lowest BCUT2D eigenvalue weighted by atomic mass is 9.93. The molecule has 2 heterocycles. The third kappa shape index (κ3) is 4.37. The van der Waals surface area contributed by atoms with Crippen molar-refractivity contribution in [3.8, 4) is 11.5 Å². The number of hydrogen-bond acceptors (Lipinski definition) is 6. The highest BCUT2D eigenvalue weighted by atomic mass is 16.5. The predicted octanol–water partition coefficient (Wildman–Crippen LogP) is 4.42. The van der Waals surface area contributed by atoms with Gasteiger partial charge in [-0.15, -0.1) is 0 Å². The summed E-state index contributed by atoms with van der Waals surface area (Å²) in [4.78, 5) is 32.0. The fourth-order valence-corrected chi connectivity index (χ4v) is 4.17. The third-order valence-corrected chi connectivity index (χ3v) is 5.81. The molecule has 4 rings (SSSR count). The number of carbonyl (C=O) groups excluding carboxylic acids is 2. The van der Waals surface area contributed by atoms with Gasteiger partial charge in [-0.25, -0.2) is 0 Å². The lowest BCUT2D eigenvalue weighted by Gasteiger charge is -2.25. The molecule has 1 atom stereocenters. The van der Waals surface area contributed by atoms with E-state index in [1.807, 2.05) is 19.9 Å². The van der Waals surface area contributed by atoms with Gasteiger partial charge in [0, 0.05) is 24.5 Å². The Kier molecular flexibility index (Phi) is 6.63. The molecule has 1 N–H and O–H groups in total. The molecule has 1 unspecified atom stereocenters. The summed E-state index contributed by atoms with van der Waals surface area (Å²) in [6.45, 7) is 4.41. The quantitative estimate of drug-likeness (QED) is 0.320. The standard InChI is InChI=1S/C27H26N2O5/c1-4-34-21-11-12-22(17(2)14-21)25(30)23-24(19-7-9-20(33-3)10-8-19)29(27(32)26(23)31)16-18-6-5-13-28-15-18/h5-15,24,30H,4,16H2,1-3H3/b25-23+. The van der Waals surface area contributed by atoms with Crippen LogP contribution >= 0.6 is 0 Å². The van der Waals surface area contributed by atoms with E-state index in [2.05, 4.69) is 4.98 Å². The van der Waals surface area contributed by atoms with Crippen LogP contribution in [0.25, 0.3) is 5.76 Å². The number of rotatable bonds is 7. The first kappa shape index (κ1) is 23.0. The van der Waals surface area contributed by atoms with E-state index < -0.39 is 17.7 Å². The van der Waals surface area contributed by atoms with Crippen molar-refractivity contribution in [2.24, 2.45) is 0 Å². The molecule has 1 aliphatic rings. The van der Waals surface area contributed by atoms with E-state index >= 15 is 0 Å². The van der Waals surface area contributed by atoms with Gasteiger partial charge < -0.3 is 19.5 Å². The van der Waals surface area contributed by atoms with Gasteiger partial charge >= 0.3 is 0 Å². The molecule has 0 spiro atoms. The van der Waals surface area contributed by atoms with Crippen LogP contribution in [-0.2, 0) is 16.1 Å². The Morgan fingerprint density at radius 1 is 1.09 bits per heavy atom. The van der Waals surface area contributed by atoms with Gasteiger partial charge in [-0.3, -0.25) is 14.6 Å². The maximum Gasteiger partial charge on any atom is 0.295 e. The Balaban J connectivity index is 1.84. The average Bonchev–Trinajstić information content (AvgIpc) is 3.09. The number of likely N-dealkylation sites (tertiary alicyclic amines) is 1. The Morgan fingerprint density at radius 2 is 1.82 bits per heavy atom. The number of ketones is 1. The van der Waals surface area contributed by atoms with Crippen molar-refractivity contribution < 1.29 is 24.2 Å². The van der Waals surface area contributed by atoms with Crippen LogP contribution in [0.1, 0.15) is 35.2 Å². The van der Waals surface area contributed by atoms with Crippen LogP contribution in [0.2, 0.25) is 0 Å². The van der Waals surface area contributed by atoms with E-state index in [1.54, 1.807) is 68.0 Å². The number of nitrogens with zero attached hydrogens (tertiary/aromatic N) is 2. The molecule has 7 nitrogen and oxygen atoms in total. The number of hydrogen-bond donors (Lipinski definition) is 1. The second-order valence-corrected chi connectivity index (χ2v) is 7.97. The van der Waals surface area contributed by atoms with Crippen molar-refractivity contribution in [3.63, 3.8) is 0 Å². The molecular formula is C27H26N2O5. The highest BCUT2D eigenvalue weighted by molar-refractivity contribution is 6.46. The Labute approximate surface area is 198 Å². The van der Waals surface area contributed by atoms with Crippen molar-refractivity contribution in [3.05, 3.63) is 94.8 Å². The van der Waals surface area contributed by atoms with Crippen LogP contribution in [0.15, 0.2) is 72.6 Å². The highest BCUT2D eigenvalue weighted by Gasteiger charge is 2.46. The molecule has 1 fully saturated rings. The molecule has 1 amide bonds. The normalized spacial score (nSPS) is 17.1. The maximum absolute atomic E-state index is 13.2. The molecule has 1 saturated heterocycles. The van der Waals surface area contributed by atoms with Crippen molar-refractivity contribution >= 4 is 17.4 Å². The zero-order chi connectivity index (χ0) is 24.2. The second-order valence-electron chi connectivity index (χ2n) is 7.97. The number of aromatic nitrogens is 1. The summed E-state index contributed by atoms with van der Waals surface area (Å²) in [6, 6.07) is 15.2. The maximum atomic E-state index is 13.2. The predicted molar refractivity (Wildman–Crippen MR) is 127 cm³/mol. The van der Waals surface area contributed by atoms with Crippen molar-refractivity contribution in [2.45, 2.75) is 26.4 Å². The van der Waals surface area contributed by atoms with Gasteiger partial charge in [0.15, 0.2) is 0 Å². The SMILES string of the molecule is CCOc1ccc(/C(O)=C2\C(=O)C(=O)N(Cc3cccnc3)C2c2ccc(OC)cc2)c(C)c1. The molecule has 34 heavy (non-hydrogen) atoms. The largest absolute Gasteiger partial charge is 0.507 e. The lowest BCUT2D eigenvalue weighted by molar-refractivity contribution is -0.140. The fourth-order valence-electron chi connectivity index (χ4n) is 4.17. The minimum Gasteiger partial charge on any atom is -0.507 e. The van der Waals surface area contributed by atoms with E-state index in [0.717, 1.165) is 11.1 Å². The first-order chi connectivity index (χ1) is 16.4. The van der Waals surface area contributed by atoms with E-state index in [-0.39, 0.29) is 17.9 Å². The van der Waals surface area contributed by atoms with Crippen LogP contribution < -0.4 is 9.47 Å². The minimum absolute atomic E-state index is 0.0475. The topological polar surface area (TPSA) is 89.0 Å². The van der Waals surface area contributed by atoms with Gasteiger partial charge in [0.05, 0.1) is 25.3 Å². The molecule has 174 valence electrons. The Morgan fingerprint density at radius 3 is 2.44 bits per heavy atom. The number of ether oxygens (including phenoxy) is 2. The number of Topliss-reactive ketones (excluding diaryl/α,β-unsaturated/α-hetero) is 1. The third-order valence-electron chi connectivity index (χ3n) is 5.81. The van der Waals surface area contributed by atoms with Crippen LogP contribution in [0, 0.1) is 6.92 Å². The summed E-state index contributed by atoms with van der Waals surface area (Å²) >= 11 is 0. The fraction of sp³-hybridized carbons (Fsp3) is 0.222. The molecule has 1 aliphatic heterocycles. The number of aryl methyl sites for hydroxylation is 1. The first-order valence-electron chi connectivity index (χ1n) is 11.0. The van der Waals surface area contributed by atoms with Crippen LogP contribution in [0.5, 0.6) is 11.5 Å². The van der Waals surface area contributed by atoms with E-state index in [4.69, 9.17) is 9.47 Å². The zero-order valence-electron chi connectivity index (χ0n) is 19.3. The number of amides is 1. The molecule has 0 aliphatic carbocycles. The molecule has 0 radical (unpaired) electrons. The van der Waals surface area contributed by atoms with Crippen LogP contribution in [0.4, 0.5) is 0 Å². The summed E-state index contributed by atoms with van der Waals surface area (Å²) < 4.78 is 10.8. The van der Waals surface area contributed by atoms with Gasteiger partial charge in [0.25, 0.3) is 11.7 Å². The summed E-state index contributed by atoms with van der Waals surface area (Å²) in [5.74, 6) is -0.297. The number of benzene rings is 2. The Hall–Kier alpha value is -4.13. The Bertz CT molecular complexity index is 1240. The van der Waals surface area contributed by atoms with Crippen LogP contribution in [0.3, 0.4) is 0 Å². The van der Waals surface area contributed by atoms with E-state index in [1.165, 1.54) is 4.90 Å². The molecule has 0 bridgehead atoms. The zero-order valence-corrected chi connectivity index (χ0v) is 19.3. The van der Waals surface area contributed by atoms with Gasteiger partial charge in [-0.1, -0.05) is 18.2 Å². The number of methoxy groups -OCH3 is 1. The summed E-state index contributed by atoms with van der Waals surface area (Å²) in [5.41, 5.74) is 2.72. The smallest absolute Gasteiger partial charge is 0.295 e. The average molecular weight is 459 g/mol. The van der Waals surface area contributed by atoms with Gasteiger partial charge in [0.1, 0.15) is 17.3 Å². The van der Waals surface area contributed by atoms with Gasteiger partial charge in [-0.05, 0) is 66.9 Å². The van der Waals surface area contributed by atoms with Crippen LogP contribution in [-0.4, -0.2) is 40.4 Å². The van der Waals surface area contributed by atoms with E-state index in [9.17, 15) is 14.7 Å². The number of aliphatic hydroxyl groups is 1. The second kappa shape index (κ2) is 9.79. The molecule has 2 aromatic carbocycles. The molecule has 3 aromatic rings. The number of pyridine rings is 1. The van der Waals surface area contributed by atoms with Gasteiger partial charge in [-0.2, -0.15) is 0 Å². The van der Waals surface area contributed by atoms with Crippen molar-refractivity contribution in [1.29, 1.82) is 0 Å². The van der Waals surface area contributed by atoms with Crippen molar-refractivity contribution in [1.82, 2.24) is 9.88 Å². The highest BCUT2D eigenvalue weighted by Crippen LogP contribution is 2.41. The molecule has 7 heteroatoms. The molecular weight excluding hydrogens is 432 g/mol. The monoisotopic (exact) mass is 458 g/mol. The minimum atomic E-state index is -0.767. The summed E-state index contributed by atoms with van der Waals surface area (Å²) in [6.07, 6.45) is 3.30. The number of aliphatic hydroxyl groups excluding tert-OH is 1. The summed E-state index contributed by atoms with van der Waals surface area (Å²) in [5, 5.41) is 11.3. The van der Waals surface area contributed by atoms with E-state index in [0.29, 0.717) is 29.2 Å². The first-order valence-corrected chi connectivity index (χ1v) is 11.0. The lowest BCUT2D eigenvalue weighted by Crippen LogP contribution is -2.29. The summed E-state index contributed by atoms with van der Waals surface area (Å²) in [7, 11) is 1.57. The number of carbonyl (C=O) groups is 2. The molecule has 1 aromatic heterocycles. The molecule has 0 saturated carbocycles.